The molecule has 0 aliphatic heterocycles. The van der Waals surface area contributed by atoms with Crippen molar-refractivity contribution in [3.63, 3.8) is 0 Å². The Morgan fingerprint density at radius 1 is 1.19 bits per heavy atom. The number of fused-ring (bicyclic) bond motifs is 2. The fourth-order valence-electron chi connectivity index (χ4n) is 2.96. The Bertz CT molecular complexity index is 1260. The van der Waals surface area contributed by atoms with E-state index >= 15 is 0 Å². The van der Waals surface area contributed by atoms with Crippen molar-refractivity contribution < 1.29 is 9.53 Å². The Balaban J connectivity index is 1.53. The number of carbonyl (C=O) groups is 1. The zero-order valence-corrected chi connectivity index (χ0v) is 15.5. The molecule has 0 saturated heterocycles. The lowest BCUT2D eigenvalue weighted by atomic mass is 10.2. The Hall–Kier alpha value is -3.20. The summed E-state index contributed by atoms with van der Waals surface area (Å²) >= 11 is 1.38. The third kappa shape index (κ3) is 2.85. The predicted octanol–water partition coefficient (Wildman–Crippen LogP) is 1.51. The number of carbonyl (C=O) groups excluding carboxylic acids is 1. The van der Waals surface area contributed by atoms with Crippen LogP contribution >= 0.6 is 11.3 Å². The largest absolute Gasteiger partial charge is 0.460 e. The summed E-state index contributed by atoms with van der Waals surface area (Å²) in [6.07, 6.45) is 1.47. The molecule has 0 bridgehead atoms. The number of ether oxygens (including phenoxy) is 1. The molecule has 0 aliphatic rings. The first-order valence-electron chi connectivity index (χ1n) is 8.24. The van der Waals surface area contributed by atoms with Crippen molar-refractivity contribution in [2.45, 2.75) is 6.54 Å². The molecule has 0 amide bonds. The summed E-state index contributed by atoms with van der Waals surface area (Å²) in [5.41, 5.74) is -0.258. The number of benzene rings is 1. The van der Waals surface area contributed by atoms with Gasteiger partial charge in [-0.3, -0.25) is 13.9 Å². The molecule has 0 unspecified atom stereocenters. The summed E-state index contributed by atoms with van der Waals surface area (Å²) in [4.78, 5) is 41.3. The summed E-state index contributed by atoms with van der Waals surface area (Å²) in [5, 5.41) is 1.000. The van der Waals surface area contributed by atoms with E-state index in [-0.39, 0.29) is 13.2 Å². The molecule has 4 aromatic rings. The average Bonchev–Trinajstić information content (AvgIpc) is 3.29. The quantitative estimate of drug-likeness (QED) is 0.498. The maximum atomic E-state index is 12.4. The van der Waals surface area contributed by atoms with E-state index in [9.17, 15) is 14.4 Å². The third-order valence-corrected chi connectivity index (χ3v) is 5.51. The van der Waals surface area contributed by atoms with Crippen LogP contribution in [0.1, 0.15) is 9.67 Å². The van der Waals surface area contributed by atoms with Crippen molar-refractivity contribution in [3.05, 3.63) is 62.4 Å². The van der Waals surface area contributed by atoms with Crippen molar-refractivity contribution in [1.29, 1.82) is 0 Å². The SMILES string of the molecule is Cn1c(=O)c2c(ncn2CCOC(=O)c2cc3ccccc3s2)n(C)c1=O. The Labute approximate surface area is 156 Å². The van der Waals surface area contributed by atoms with E-state index in [0.29, 0.717) is 16.0 Å². The van der Waals surface area contributed by atoms with Crippen LogP contribution in [-0.4, -0.2) is 31.3 Å². The molecule has 0 atom stereocenters. The molecular weight excluding hydrogens is 368 g/mol. The lowest BCUT2D eigenvalue weighted by molar-refractivity contribution is 0.0498. The average molecular weight is 384 g/mol. The molecule has 1 aromatic carbocycles. The minimum Gasteiger partial charge on any atom is -0.460 e. The smallest absolute Gasteiger partial charge is 0.348 e. The number of nitrogens with zero attached hydrogens (tertiary/aromatic N) is 4. The minimum atomic E-state index is -0.436. The van der Waals surface area contributed by atoms with E-state index in [1.165, 1.54) is 29.3 Å². The minimum absolute atomic E-state index is 0.0878. The van der Waals surface area contributed by atoms with Gasteiger partial charge in [-0.05, 0) is 17.5 Å². The van der Waals surface area contributed by atoms with Crippen LogP contribution in [0.15, 0.2) is 46.2 Å². The normalized spacial score (nSPS) is 11.3. The fourth-order valence-corrected chi connectivity index (χ4v) is 3.91. The molecule has 138 valence electrons. The van der Waals surface area contributed by atoms with Crippen molar-refractivity contribution in [1.82, 2.24) is 18.7 Å². The van der Waals surface area contributed by atoms with Crippen LogP contribution in [0.2, 0.25) is 0 Å². The molecule has 0 fully saturated rings. The first-order chi connectivity index (χ1) is 13.0. The van der Waals surface area contributed by atoms with E-state index in [1.807, 2.05) is 24.3 Å². The fraction of sp³-hybridized carbons (Fsp3) is 0.222. The molecule has 9 heteroatoms. The maximum Gasteiger partial charge on any atom is 0.348 e. The second-order valence-corrected chi connectivity index (χ2v) is 7.18. The Morgan fingerprint density at radius 3 is 2.74 bits per heavy atom. The van der Waals surface area contributed by atoms with Gasteiger partial charge in [-0.15, -0.1) is 11.3 Å². The molecule has 0 aliphatic carbocycles. The Morgan fingerprint density at radius 2 is 1.96 bits per heavy atom. The van der Waals surface area contributed by atoms with Gasteiger partial charge in [0.25, 0.3) is 5.56 Å². The summed E-state index contributed by atoms with van der Waals surface area (Å²) in [6.45, 7) is 0.352. The number of rotatable bonds is 4. The number of esters is 1. The second kappa shape index (κ2) is 6.51. The summed E-state index contributed by atoms with van der Waals surface area (Å²) < 4.78 is 10.3. The first-order valence-corrected chi connectivity index (χ1v) is 9.05. The van der Waals surface area contributed by atoms with E-state index < -0.39 is 17.2 Å². The summed E-state index contributed by atoms with van der Waals surface area (Å²) in [6, 6.07) is 9.54. The van der Waals surface area contributed by atoms with Gasteiger partial charge >= 0.3 is 11.7 Å². The predicted molar refractivity (Wildman–Crippen MR) is 102 cm³/mol. The van der Waals surface area contributed by atoms with Gasteiger partial charge in [0.2, 0.25) is 0 Å². The van der Waals surface area contributed by atoms with Gasteiger partial charge in [0.05, 0.1) is 12.9 Å². The van der Waals surface area contributed by atoms with E-state index in [1.54, 1.807) is 17.7 Å². The monoisotopic (exact) mass is 384 g/mol. The molecule has 0 spiro atoms. The Kier molecular flexibility index (Phi) is 4.15. The number of imidazole rings is 1. The lowest BCUT2D eigenvalue weighted by Gasteiger charge is -2.07. The first kappa shape index (κ1) is 17.2. The molecule has 3 aromatic heterocycles. The molecule has 4 rings (SSSR count). The highest BCUT2D eigenvalue weighted by molar-refractivity contribution is 7.20. The van der Waals surface area contributed by atoms with Crippen molar-refractivity contribution in [3.8, 4) is 0 Å². The molecule has 0 N–H and O–H groups in total. The van der Waals surface area contributed by atoms with Crippen molar-refractivity contribution in [2.24, 2.45) is 14.1 Å². The third-order valence-electron chi connectivity index (χ3n) is 4.41. The van der Waals surface area contributed by atoms with Crippen molar-refractivity contribution in [2.75, 3.05) is 6.61 Å². The van der Waals surface area contributed by atoms with Crippen LogP contribution in [0.5, 0.6) is 0 Å². The molecule has 8 nitrogen and oxygen atoms in total. The number of thiophene rings is 1. The van der Waals surface area contributed by atoms with Gasteiger partial charge in [-0.1, -0.05) is 18.2 Å². The van der Waals surface area contributed by atoms with Gasteiger partial charge in [0.15, 0.2) is 11.2 Å². The molecule has 0 radical (unpaired) electrons. The number of hydrogen-bond acceptors (Lipinski definition) is 6. The highest BCUT2D eigenvalue weighted by Gasteiger charge is 2.15. The van der Waals surface area contributed by atoms with Gasteiger partial charge in [-0.2, -0.15) is 0 Å². The maximum absolute atomic E-state index is 12.4. The number of hydrogen-bond donors (Lipinski definition) is 0. The van der Waals surface area contributed by atoms with E-state index in [2.05, 4.69) is 4.98 Å². The number of aryl methyl sites for hydroxylation is 1. The van der Waals surface area contributed by atoms with Crippen LogP contribution in [0.4, 0.5) is 0 Å². The van der Waals surface area contributed by atoms with Crippen LogP contribution < -0.4 is 11.2 Å². The zero-order chi connectivity index (χ0) is 19.1. The molecule has 3 heterocycles. The topological polar surface area (TPSA) is 88.1 Å². The van der Waals surface area contributed by atoms with Crippen molar-refractivity contribution >= 4 is 38.6 Å². The van der Waals surface area contributed by atoms with Gasteiger partial charge in [-0.25, -0.2) is 14.6 Å². The van der Waals surface area contributed by atoms with E-state index in [4.69, 9.17) is 4.74 Å². The second-order valence-electron chi connectivity index (χ2n) is 6.10. The standard InChI is InChI=1S/C18H16N4O4S/c1-20-15-14(16(23)21(2)18(20)25)22(10-19-15)7-8-26-17(24)13-9-11-5-3-4-6-12(11)27-13/h3-6,9-10H,7-8H2,1-2H3. The van der Waals surface area contributed by atoms with Gasteiger partial charge in [0, 0.05) is 18.8 Å². The zero-order valence-electron chi connectivity index (χ0n) is 14.7. The van der Waals surface area contributed by atoms with Crippen LogP contribution in [0.25, 0.3) is 21.3 Å². The highest BCUT2D eigenvalue weighted by atomic mass is 32.1. The molecule has 0 saturated carbocycles. The van der Waals surface area contributed by atoms with Gasteiger partial charge < -0.3 is 9.30 Å². The summed E-state index contributed by atoms with van der Waals surface area (Å²) in [5.74, 6) is -0.402. The van der Waals surface area contributed by atoms with Crippen LogP contribution in [-0.2, 0) is 25.4 Å². The van der Waals surface area contributed by atoms with E-state index in [0.717, 1.165) is 14.7 Å². The number of aromatic nitrogens is 4. The molecule has 27 heavy (non-hydrogen) atoms. The highest BCUT2D eigenvalue weighted by Crippen LogP contribution is 2.25. The summed E-state index contributed by atoms with van der Waals surface area (Å²) in [7, 11) is 2.98. The van der Waals surface area contributed by atoms with Crippen LogP contribution in [0, 0.1) is 0 Å². The lowest BCUT2D eigenvalue weighted by Crippen LogP contribution is -2.37. The van der Waals surface area contributed by atoms with Gasteiger partial charge in [0.1, 0.15) is 11.5 Å². The van der Waals surface area contributed by atoms with Crippen LogP contribution in [0.3, 0.4) is 0 Å². The molecular formula is C18H16N4O4S.